The number of ketones is 1. The van der Waals surface area contributed by atoms with Gasteiger partial charge in [-0.1, -0.05) is 19.9 Å². The first-order chi connectivity index (χ1) is 15.3. The number of hydrogen-bond donors (Lipinski definition) is 1. The molecular formula is C25H30N2O5. The van der Waals surface area contributed by atoms with Crippen molar-refractivity contribution in [3.63, 3.8) is 0 Å². The molecule has 0 saturated carbocycles. The molecule has 7 heteroatoms. The zero-order valence-corrected chi connectivity index (χ0v) is 19.0. The Morgan fingerprint density at radius 2 is 2.03 bits per heavy atom. The number of nitrogens with zero attached hydrogens (tertiary/aromatic N) is 2. The van der Waals surface area contributed by atoms with Crippen LogP contribution < -0.4 is 4.74 Å². The van der Waals surface area contributed by atoms with Crippen LogP contribution in [0.4, 0.5) is 0 Å². The van der Waals surface area contributed by atoms with Crippen LogP contribution in [0.2, 0.25) is 0 Å². The molecule has 0 radical (unpaired) electrons. The highest BCUT2D eigenvalue weighted by Crippen LogP contribution is 2.39. The van der Waals surface area contributed by atoms with Gasteiger partial charge in [-0.05, 0) is 54.7 Å². The van der Waals surface area contributed by atoms with E-state index < -0.39 is 17.7 Å². The van der Waals surface area contributed by atoms with Gasteiger partial charge >= 0.3 is 0 Å². The van der Waals surface area contributed by atoms with Crippen LogP contribution in [0.3, 0.4) is 0 Å². The minimum Gasteiger partial charge on any atom is -0.507 e. The summed E-state index contributed by atoms with van der Waals surface area (Å²) >= 11 is 0. The van der Waals surface area contributed by atoms with Crippen molar-refractivity contribution in [1.82, 2.24) is 9.88 Å². The van der Waals surface area contributed by atoms with Crippen molar-refractivity contribution in [2.24, 2.45) is 5.92 Å². The zero-order valence-electron chi connectivity index (χ0n) is 19.0. The van der Waals surface area contributed by atoms with E-state index in [0.717, 1.165) is 11.3 Å². The first kappa shape index (κ1) is 23.5. The molecule has 1 fully saturated rings. The number of hydrogen-bond acceptors (Lipinski definition) is 6. The van der Waals surface area contributed by atoms with Crippen LogP contribution >= 0.6 is 0 Å². The SMILES string of the molecule is COCCCN1C(=O)C(=O)C(=C(O)c2ccc(OCC(C)C)c(C)c2)[C@H]1c1cccnc1. The zero-order chi connectivity index (χ0) is 23.3. The lowest BCUT2D eigenvalue weighted by Crippen LogP contribution is -2.31. The number of amides is 1. The Labute approximate surface area is 188 Å². The molecule has 2 aromatic rings. The second kappa shape index (κ2) is 10.4. The van der Waals surface area contributed by atoms with Crippen molar-refractivity contribution in [2.75, 3.05) is 26.9 Å². The second-order valence-corrected chi connectivity index (χ2v) is 8.31. The first-order valence-electron chi connectivity index (χ1n) is 10.8. The maximum absolute atomic E-state index is 13.0. The smallest absolute Gasteiger partial charge is 0.295 e. The van der Waals surface area contributed by atoms with E-state index in [4.69, 9.17) is 9.47 Å². The lowest BCUT2D eigenvalue weighted by molar-refractivity contribution is -0.140. The fraction of sp³-hybridized carbons (Fsp3) is 0.400. The fourth-order valence-corrected chi connectivity index (χ4v) is 3.74. The van der Waals surface area contributed by atoms with Crippen molar-refractivity contribution < 1.29 is 24.2 Å². The number of pyridine rings is 1. The minimum absolute atomic E-state index is 0.0654. The number of benzene rings is 1. The van der Waals surface area contributed by atoms with Crippen LogP contribution in [-0.4, -0.2) is 53.5 Å². The summed E-state index contributed by atoms with van der Waals surface area (Å²) < 4.78 is 10.9. The summed E-state index contributed by atoms with van der Waals surface area (Å²) in [6.07, 6.45) is 3.81. The molecule has 0 unspecified atom stereocenters. The van der Waals surface area contributed by atoms with E-state index >= 15 is 0 Å². The Balaban J connectivity index is 2.03. The van der Waals surface area contributed by atoms with Gasteiger partial charge in [-0.2, -0.15) is 0 Å². The first-order valence-corrected chi connectivity index (χ1v) is 10.8. The molecule has 1 amide bonds. The molecule has 7 nitrogen and oxygen atoms in total. The van der Waals surface area contributed by atoms with Crippen molar-refractivity contribution in [1.29, 1.82) is 0 Å². The number of Topliss-reactive ketones (excluding diaryl/α,β-unsaturated/α-hetero) is 1. The molecule has 1 atom stereocenters. The molecular weight excluding hydrogens is 408 g/mol. The molecule has 1 N–H and O–H groups in total. The molecule has 1 aliphatic heterocycles. The Bertz CT molecular complexity index is 1000. The van der Waals surface area contributed by atoms with Gasteiger partial charge in [0.2, 0.25) is 0 Å². The number of likely N-dealkylation sites (tertiary alicyclic amines) is 1. The monoisotopic (exact) mass is 438 g/mol. The normalized spacial score (nSPS) is 17.9. The van der Waals surface area contributed by atoms with Crippen molar-refractivity contribution in [3.05, 3.63) is 65.0 Å². The molecule has 2 heterocycles. The summed E-state index contributed by atoms with van der Waals surface area (Å²) in [6, 6.07) is 8.09. The van der Waals surface area contributed by atoms with Crippen LogP contribution in [0.1, 0.15) is 43.0 Å². The third-order valence-electron chi connectivity index (χ3n) is 5.31. The second-order valence-electron chi connectivity index (χ2n) is 8.31. The van der Waals surface area contributed by atoms with Crippen LogP contribution in [0.25, 0.3) is 5.76 Å². The fourth-order valence-electron chi connectivity index (χ4n) is 3.74. The molecule has 1 aromatic heterocycles. The van der Waals surface area contributed by atoms with Gasteiger partial charge in [-0.25, -0.2) is 0 Å². The number of carbonyl (C=O) groups is 2. The van der Waals surface area contributed by atoms with Gasteiger partial charge in [0.25, 0.3) is 11.7 Å². The maximum atomic E-state index is 13.0. The lowest BCUT2D eigenvalue weighted by Gasteiger charge is -2.25. The molecule has 32 heavy (non-hydrogen) atoms. The Morgan fingerprint density at radius 3 is 2.66 bits per heavy atom. The molecule has 0 aliphatic carbocycles. The highest BCUT2D eigenvalue weighted by atomic mass is 16.5. The van der Waals surface area contributed by atoms with Crippen molar-refractivity contribution in [3.8, 4) is 5.75 Å². The topological polar surface area (TPSA) is 89.0 Å². The van der Waals surface area contributed by atoms with E-state index in [1.54, 1.807) is 49.8 Å². The summed E-state index contributed by atoms with van der Waals surface area (Å²) in [4.78, 5) is 31.5. The maximum Gasteiger partial charge on any atom is 0.295 e. The van der Waals surface area contributed by atoms with E-state index in [1.807, 2.05) is 6.92 Å². The van der Waals surface area contributed by atoms with E-state index in [0.29, 0.717) is 43.2 Å². The van der Waals surface area contributed by atoms with Gasteiger partial charge in [0.1, 0.15) is 11.5 Å². The van der Waals surface area contributed by atoms with Crippen LogP contribution in [0.15, 0.2) is 48.3 Å². The molecule has 1 aromatic carbocycles. The number of aliphatic hydroxyl groups is 1. The average Bonchev–Trinajstić information content (AvgIpc) is 3.03. The van der Waals surface area contributed by atoms with E-state index in [-0.39, 0.29) is 11.3 Å². The summed E-state index contributed by atoms with van der Waals surface area (Å²) in [6.45, 7) is 7.39. The van der Waals surface area contributed by atoms with Gasteiger partial charge in [0, 0.05) is 38.2 Å². The number of aromatic nitrogens is 1. The number of rotatable bonds is 9. The largest absolute Gasteiger partial charge is 0.507 e. The third-order valence-corrected chi connectivity index (χ3v) is 5.31. The van der Waals surface area contributed by atoms with Gasteiger partial charge in [0.15, 0.2) is 0 Å². The number of carbonyl (C=O) groups excluding carboxylic acids is 2. The van der Waals surface area contributed by atoms with Gasteiger partial charge < -0.3 is 19.5 Å². The Hall–Kier alpha value is -3.19. The van der Waals surface area contributed by atoms with E-state index in [9.17, 15) is 14.7 Å². The summed E-state index contributed by atoms with van der Waals surface area (Å²) in [5, 5.41) is 11.2. The molecule has 3 rings (SSSR count). The standard InChI is InChI=1S/C25H30N2O5/c1-16(2)15-32-20-9-8-18(13-17(20)3)23(28)21-22(19-7-5-10-26-14-19)27(11-6-12-31-4)25(30)24(21)29/h5,7-10,13-14,16,22,28H,6,11-12,15H2,1-4H3/t22-/m1/s1. The predicted octanol–water partition coefficient (Wildman–Crippen LogP) is 3.88. The number of methoxy groups -OCH3 is 1. The molecule has 0 spiro atoms. The quantitative estimate of drug-likeness (QED) is 0.277. The Kier molecular flexibility index (Phi) is 7.64. The van der Waals surface area contributed by atoms with E-state index in [1.165, 1.54) is 4.90 Å². The molecule has 1 aliphatic rings. The van der Waals surface area contributed by atoms with Gasteiger partial charge in [-0.3, -0.25) is 14.6 Å². The number of aryl methyl sites for hydroxylation is 1. The summed E-state index contributed by atoms with van der Waals surface area (Å²) in [7, 11) is 1.59. The van der Waals surface area contributed by atoms with Crippen LogP contribution in [0, 0.1) is 12.8 Å². The predicted molar refractivity (Wildman–Crippen MR) is 121 cm³/mol. The van der Waals surface area contributed by atoms with Crippen molar-refractivity contribution >= 4 is 17.4 Å². The highest BCUT2D eigenvalue weighted by Gasteiger charge is 2.45. The number of ether oxygens (including phenoxy) is 2. The Morgan fingerprint density at radius 1 is 1.25 bits per heavy atom. The number of aliphatic hydroxyl groups excluding tert-OH is 1. The highest BCUT2D eigenvalue weighted by molar-refractivity contribution is 6.46. The summed E-state index contributed by atoms with van der Waals surface area (Å²) in [5.41, 5.74) is 2.03. The molecule has 0 bridgehead atoms. The van der Waals surface area contributed by atoms with E-state index in [2.05, 4.69) is 18.8 Å². The van der Waals surface area contributed by atoms with Crippen LogP contribution in [0.5, 0.6) is 5.75 Å². The van der Waals surface area contributed by atoms with Gasteiger partial charge in [0.05, 0.1) is 18.2 Å². The van der Waals surface area contributed by atoms with Crippen molar-refractivity contribution in [2.45, 2.75) is 33.2 Å². The third kappa shape index (κ3) is 4.99. The van der Waals surface area contributed by atoms with Gasteiger partial charge in [-0.15, -0.1) is 0 Å². The molecule has 1 saturated heterocycles. The van der Waals surface area contributed by atoms with Crippen LogP contribution in [-0.2, 0) is 14.3 Å². The minimum atomic E-state index is -0.710. The average molecular weight is 439 g/mol. The molecule has 170 valence electrons. The summed E-state index contributed by atoms with van der Waals surface area (Å²) in [5.74, 6) is -0.434. The lowest BCUT2D eigenvalue weighted by atomic mass is 9.95.